The molecule has 0 spiro atoms. The number of aromatic nitrogens is 3. The van der Waals surface area contributed by atoms with Crippen molar-refractivity contribution in [2.45, 2.75) is 46.1 Å². The van der Waals surface area contributed by atoms with Crippen molar-refractivity contribution in [3.8, 4) is 0 Å². The summed E-state index contributed by atoms with van der Waals surface area (Å²) in [4.78, 5) is 16.0. The van der Waals surface area contributed by atoms with E-state index >= 15 is 0 Å². The Labute approximate surface area is 89.7 Å². The lowest BCUT2D eigenvalue weighted by Crippen LogP contribution is -2.18. The summed E-state index contributed by atoms with van der Waals surface area (Å²) in [5.41, 5.74) is -0.0617. The molecule has 0 radical (unpaired) electrons. The Morgan fingerprint density at radius 1 is 1.60 bits per heavy atom. The van der Waals surface area contributed by atoms with Crippen LogP contribution >= 0.6 is 0 Å². The number of nitrogens with zero attached hydrogens (tertiary/aromatic N) is 3. The lowest BCUT2D eigenvalue weighted by molar-refractivity contribution is -0.123. The normalized spacial score (nSPS) is 18.1. The van der Waals surface area contributed by atoms with Gasteiger partial charge in [-0.3, -0.25) is 4.79 Å². The van der Waals surface area contributed by atoms with Crippen LogP contribution in [0.4, 0.5) is 0 Å². The van der Waals surface area contributed by atoms with E-state index in [0.29, 0.717) is 12.2 Å². The molecule has 82 valence electrons. The lowest BCUT2D eigenvalue weighted by atomic mass is 10.0. The van der Waals surface area contributed by atoms with Gasteiger partial charge in [0.2, 0.25) is 0 Å². The van der Waals surface area contributed by atoms with Crippen LogP contribution in [-0.2, 0) is 11.2 Å². The summed E-state index contributed by atoms with van der Waals surface area (Å²) in [6.07, 6.45) is 4.01. The molecule has 1 aliphatic rings. The molecule has 0 saturated heterocycles. The van der Waals surface area contributed by atoms with Crippen LogP contribution in [-0.4, -0.2) is 20.5 Å². The SMILES string of the molecule is CC(C)n1ncnc1CC(=O)C1(C)CC1. The Bertz CT molecular complexity index is 377. The van der Waals surface area contributed by atoms with E-state index in [1.165, 1.54) is 6.33 Å². The Kier molecular flexibility index (Phi) is 2.37. The van der Waals surface area contributed by atoms with Crippen LogP contribution in [0.25, 0.3) is 0 Å². The quantitative estimate of drug-likeness (QED) is 0.756. The molecule has 1 aromatic heterocycles. The third-order valence-corrected chi connectivity index (χ3v) is 3.13. The number of Topliss-reactive ketones (excluding diaryl/α,β-unsaturated/α-hetero) is 1. The van der Waals surface area contributed by atoms with Crippen molar-refractivity contribution in [3.63, 3.8) is 0 Å². The number of carbonyl (C=O) groups is 1. The highest BCUT2D eigenvalue weighted by atomic mass is 16.1. The van der Waals surface area contributed by atoms with Crippen molar-refractivity contribution in [2.75, 3.05) is 0 Å². The molecule has 0 unspecified atom stereocenters. The second-order valence-electron chi connectivity index (χ2n) is 4.88. The Morgan fingerprint density at radius 2 is 2.27 bits per heavy atom. The largest absolute Gasteiger partial charge is 0.299 e. The van der Waals surface area contributed by atoms with E-state index in [9.17, 15) is 4.79 Å². The summed E-state index contributed by atoms with van der Waals surface area (Å²) < 4.78 is 1.82. The zero-order valence-corrected chi connectivity index (χ0v) is 9.53. The third-order valence-electron chi connectivity index (χ3n) is 3.13. The highest BCUT2D eigenvalue weighted by Gasteiger charge is 2.44. The standard InChI is InChI=1S/C11H17N3O/c1-8(2)14-10(12-7-13-14)6-9(15)11(3)4-5-11/h7-8H,4-6H2,1-3H3. The van der Waals surface area contributed by atoms with Gasteiger partial charge in [0, 0.05) is 11.5 Å². The summed E-state index contributed by atoms with van der Waals surface area (Å²) in [7, 11) is 0. The molecule has 1 saturated carbocycles. The average Bonchev–Trinajstić information content (AvgIpc) is 2.77. The summed E-state index contributed by atoms with van der Waals surface area (Å²) >= 11 is 0. The minimum absolute atomic E-state index is 0.0617. The van der Waals surface area contributed by atoms with Gasteiger partial charge >= 0.3 is 0 Å². The van der Waals surface area contributed by atoms with Crippen molar-refractivity contribution >= 4 is 5.78 Å². The van der Waals surface area contributed by atoms with Crippen molar-refractivity contribution in [1.29, 1.82) is 0 Å². The second kappa shape index (κ2) is 3.43. The van der Waals surface area contributed by atoms with Crippen LogP contribution in [0.3, 0.4) is 0 Å². The predicted octanol–water partition coefficient (Wildman–Crippen LogP) is 1.77. The van der Waals surface area contributed by atoms with Gasteiger partial charge in [-0.25, -0.2) is 9.67 Å². The van der Waals surface area contributed by atoms with E-state index < -0.39 is 0 Å². The monoisotopic (exact) mass is 207 g/mol. The number of rotatable bonds is 4. The molecule has 0 N–H and O–H groups in total. The zero-order valence-electron chi connectivity index (χ0n) is 9.53. The summed E-state index contributed by atoms with van der Waals surface area (Å²) in [6, 6.07) is 0.266. The number of ketones is 1. The first-order valence-corrected chi connectivity index (χ1v) is 5.44. The smallest absolute Gasteiger partial charge is 0.146 e. The molecule has 0 aromatic carbocycles. The van der Waals surface area contributed by atoms with E-state index in [0.717, 1.165) is 18.7 Å². The van der Waals surface area contributed by atoms with E-state index in [4.69, 9.17) is 0 Å². The molecule has 0 bridgehead atoms. The molecular weight excluding hydrogens is 190 g/mol. The number of hydrogen-bond acceptors (Lipinski definition) is 3. The summed E-state index contributed by atoms with van der Waals surface area (Å²) in [5.74, 6) is 1.10. The first-order valence-electron chi connectivity index (χ1n) is 5.44. The Morgan fingerprint density at radius 3 is 2.80 bits per heavy atom. The van der Waals surface area contributed by atoms with Gasteiger partial charge in [-0.05, 0) is 26.7 Å². The fourth-order valence-electron chi connectivity index (χ4n) is 1.66. The second-order valence-corrected chi connectivity index (χ2v) is 4.88. The van der Waals surface area contributed by atoms with E-state index in [1.807, 2.05) is 25.5 Å². The van der Waals surface area contributed by atoms with Crippen LogP contribution in [0.2, 0.25) is 0 Å². The van der Waals surface area contributed by atoms with Crippen LogP contribution in [0.5, 0.6) is 0 Å². The molecule has 2 rings (SSSR count). The predicted molar refractivity (Wildman–Crippen MR) is 56.5 cm³/mol. The average molecular weight is 207 g/mol. The van der Waals surface area contributed by atoms with E-state index in [2.05, 4.69) is 10.1 Å². The minimum Gasteiger partial charge on any atom is -0.299 e. The Balaban J connectivity index is 2.10. The van der Waals surface area contributed by atoms with Crippen molar-refractivity contribution in [1.82, 2.24) is 14.8 Å². The van der Waals surface area contributed by atoms with Gasteiger partial charge in [0.1, 0.15) is 17.9 Å². The maximum absolute atomic E-state index is 11.9. The van der Waals surface area contributed by atoms with Crippen molar-refractivity contribution in [3.05, 3.63) is 12.2 Å². The molecule has 0 aliphatic heterocycles. The van der Waals surface area contributed by atoms with Crippen LogP contribution in [0.1, 0.15) is 45.5 Å². The lowest BCUT2D eigenvalue weighted by Gasteiger charge is -2.10. The topological polar surface area (TPSA) is 47.8 Å². The van der Waals surface area contributed by atoms with Gasteiger partial charge in [-0.2, -0.15) is 5.10 Å². The fraction of sp³-hybridized carbons (Fsp3) is 0.727. The van der Waals surface area contributed by atoms with Gasteiger partial charge < -0.3 is 0 Å². The number of carbonyl (C=O) groups excluding carboxylic acids is 1. The molecular formula is C11H17N3O. The molecule has 1 heterocycles. The molecule has 1 aromatic rings. The highest BCUT2D eigenvalue weighted by Crippen LogP contribution is 2.46. The first-order chi connectivity index (χ1) is 7.03. The summed E-state index contributed by atoms with van der Waals surface area (Å²) in [6.45, 7) is 6.12. The molecule has 1 aliphatic carbocycles. The van der Waals surface area contributed by atoms with Gasteiger partial charge in [0.15, 0.2) is 0 Å². The number of hydrogen-bond donors (Lipinski definition) is 0. The minimum atomic E-state index is -0.0617. The molecule has 0 atom stereocenters. The third kappa shape index (κ3) is 1.94. The maximum atomic E-state index is 11.9. The highest BCUT2D eigenvalue weighted by molar-refractivity contribution is 5.88. The van der Waals surface area contributed by atoms with E-state index in [-0.39, 0.29) is 11.5 Å². The van der Waals surface area contributed by atoms with Gasteiger partial charge in [0.05, 0.1) is 6.42 Å². The molecule has 0 amide bonds. The van der Waals surface area contributed by atoms with Gasteiger partial charge in [0.25, 0.3) is 0 Å². The van der Waals surface area contributed by atoms with Crippen molar-refractivity contribution < 1.29 is 4.79 Å². The molecule has 15 heavy (non-hydrogen) atoms. The van der Waals surface area contributed by atoms with Crippen LogP contribution in [0.15, 0.2) is 6.33 Å². The van der Waals surface area contributed by atoms with Crippen LogP contribution < -0.4 is 0 Å². The zero-order chi connectivity index (χ0) is 11.1. The molecule has 1 fully saturated rings. The first kappa shape index (κ1) is 10.3. The summed E-state index contributed by atoms with van der Waals surface area (Å²) in [5, 5.41) is 4.12. The maximum Gasteiger partial charge on any atom is 0.146 e. The van der Waals surface area contributed by atoms with Crippen molar-refractivity contribution in [2.24, 2.45) is 5.41 Å². The van der Waals surface area contributed by atoms with Gasteiger partial charge in [-0.15, -0.1) is 0 Å². The van der Waals surface area contributed by atoms with E-state index in [1.54, 1.807) is 0 Å². The Hall–Kier alpha value is -1.19. The van der Waals surface area contributed by atoms with Gasteiger partial charge in [-0.1, -0.05) is 6.92 Å². The fourth-order valence-corrected chi connectivity index (χ4v) is 1.66. The van der Waals surface area contributed by atoms with Crippen LogP contribution in [0, 0.1) is 5.41 Å². The molecule has 4 nitrogen and oxygen atoms in total. The molecule has 4 heteroatoms.